The molecule has 0 aromatic carbocycles. The molecule has 2 heterocycles. The van der Waals surface area contributed by atoms with E-state index >= 15 is 0 Å². The third-order valence-corrected chi connectivity index (χ3v) is 4.92. The van der Waals surface area contributed by atoms with Crippen LogP contribution in [0, 0.1) is 19.8 Å². The number of methoxy groups -OCH3 is 1. The summed E-state index contributed by atoms with van der Waals surface area (Å²) in [5, 5.41) is 0. The van der Waals surface area contributed by atoms with Crippen molar-refractivity contribution < 1.29 is 27.5 Å². The number of halogens is 3. The Kier molecular flexibility index (Phi) is 5.61. The number of aromatic amines is 1. The summed E-state index contributed by atoms with van der Waals surface area (Å²) in [6, 6.07) is -0.701. The molecule has 0 unspecified atom stereocenters. The molecule has 1 fully saturated rings. The molecule has 1 aliphatic heterocycles. The number of aryl methyl sites for hydroxylation is 1. The standard InChI is InChI=1S/C17H23F3N2O3/c1-9-13(16(24)25-4)10(2)21-14(9)15(23)11(3)22-7-5-6-12(8-22)17(18,19)20/h11-12,21H,5-8H2,1-4H3/t11-,12+/m0/s1. The Morgan fingerprint density at radius 2 is 1.96 bits per heavy atom. The van der Waals surface area contributed by atoms with E-state index in [4.69, 9.17) is 4.74 Å². The molecule has 1 saturated heterocycles. The van der Waals surface area contributed by atoms with Gasteiger partial charge >= 0.3 is 12.1 Å². The van der Waals surface area contributed by atoms with Gasteiger partial charge in [0.15, 0.2) is 5.78 Å². The number of aromatic nitrogens is 1. The molecule has 25 heavy (non-hydrogen) atoms. The topological polar surface area (TPSA) is 62.4 Å². The van der Waals surface area contributed by atoms with E-state index in [0.717, 1.165) is 0 Å². The Hall–Kier alpha value is -1.83. The van der Waals surface area contributed by atoms with E-state index in [1.54, 1.807) is 25.7 Å². The van der Waals surface area contributed by atoms with E-state index in [0.29, 0.717) is 29.8 Å². The maximum absolute atomic E-state index is 13.0. The SMILES string of the molecule is COC(=O)c1c(C)[nH]c(C(=O)[C@H](C)N2CCC[C@@H](C(F)(F)F)C2)c1C. The zero-order valence-electron chi connectivity index (χ0n) is 14.8. The van der Waals surface area contributed by atoms with Gasteiger partial charge in [-0.3, -0.25) is 9.69 Å². The van der Waals surface area contributed by atoms with E-state index in [1.165, 1.54) is 7.11 Å². The molecule has 140 valence electrons. The largest absolute Gasteiger partial charge is 0.465 e. The predicted octanol–water partition coefficient (Wildman–Crippen LogP) is 3.26. The first-order chi connectivity index (χ1) is 11.6. The van der Waals surface area contributed by atoms with Crippen LogP contribution in [0.3, 0.4) is 0 Å². The van der Waals surface area contributed by atoms with Crippen LogP contribution < -0.4 is 0 Å². The molecule has 1 aromatic rings. The summed E-state index contributed by atoms with van der Waals surface area (Å²) in [6.45, 7) is 5.15. The van der Waals surface area contributed by atoms with Crippen LogP contribution in [0.15, 0.2) is 0 Å². The number of nitrogens with one attached hydrogen (secondary N) is 1. The first-order valence-electron chi connectivity index (χ1n) is 8.20. The van der Waals surface area contributed by atoms with Crippen molar-refractivity contribution in [2.75, 3.05) is 20.2 Å². The number of rotatable bonds is 4. The summed E-state index contributed by atoms with van der Waals surface area (Å²) in [5.74, 6) is -2.28. The lowest BCUT2D eigenvalue weighted by atomic mass is 9.95. The van der Waals surface area contributed by atoms with Gasteiger partial charge in [0.05, 0.1) is 30.3 Å². The number of hydrogen-bond donors (Lipinski definition) is 1. The molecule has 1 aromatic heterocycles. The highest BCUT2D eigenvalue weighted by atomic mass is 19.4. The first kappa shape index (κ1) is 19.5. The lowest BCUT2D eigenvalue weighted by Gasteiger charge is -2.36. The monoisotopic (exact) mass is 360 g/mol. The molecule has 0 bridgehead atoms. The minimum atomic E-state index is -4.25. The third kappa shape index (κ3) is 3.89. The Morgan fingerprint density at radius 3 is 2.52 bits per heavy atom. The van der Waals surface area contributed by atoms with E-state index in [2.05, 4.69) is 4.98 Å². The molecule has 0 radical (unpaired) electrons. The smallest absolute Gasteiger partial charge is 0.393 e. The molecular weight excluding hydrogens is 337 g/mol. The van der Waals surface area contributed by atoms with Crippen molar-refractivity contribution in [3.05, 3.63) is 22.5 Å². The van der Waals surface area contributed by atoms with Crippen LogP contribution in [0.2, 0.25) is 0 Å². The molecule has 2 rings (SSSR count). The van der Waals surface area contributed by atoms with Gasteiger partial charge in [-0.25, -0.2) is 4.79 Å². The Bertz CT molecular complexity index is 667. The van der Waals surface area contributed by atoms with Gasteiger partial charge < -0.3 is 9.72 Å². The summed E-state index contributed by atoms with van der Waals surface area (Å²) < 4.78 is 43.7. The zero-order chi connectivity index (χ0) is 18.9. The third-order valence-electron chi connectivity index (χ3n) is 4.92. The van der Waals surface area contributed by atoms with Crippen LogP contribution in [-0.2, 0) is 4.74 Å². The maximum atomic E-state index is 13.0. The molecule has 0 aliphatic carbocycles. The number of nitrogens with zero attached hydrogens (tertiary/aromatic N) is 1. The number of alkyl halides is 3. The van der Waals surface area contributed by atoms with E-state index in [1.807, 2.05) is 0 Å². The summed E-state index contributed by atoms with van der Waals surface area (Å²) in [7, 11) is 1.25. The second-order valence-corrected chi connectivity index (χ2v) is 6.53. The molecule has 0 saturated carbocycles. The number of hydrogen-bond acceptors (Lipinski definition) is 4. The molecular formula is C17H23F3N2O3. The van der Waals surface area contributed by atoms with Crippen LogP contribution >= 0.6 is 0 Å². The number of ether oxygens (including phenoxy) is 1. The summed E-state index contributed by atoms with van der Waals surface area (Å²) in [5.41, 5.74) is 1.52. The molecule has 5 nitrogen and oxygen atoms in total. The number of Topliss-reactive ketones (excluding diaryl/α,β-unsaturated/α-hetero) is 1. The van der Waals surface area contributed by atoms with Crippen molar-refractivity contribution in [3.8, 4) is 0 Å². The zero-order valence-corrected chi connectivity index (χ0v) is 14.8. The summed E-state index contributed by atoms with van der Waals surface area (Å²) in [4.78, 5) is 29.1. The molecule has 1 N–H and O–H groups in total. The van der Waals surface area contributed by atoms with Crippen molar-refractivity contribution in [1.82, 2.24) is 9.88 Å². The van der Waals surface area contributed by atoms with Gasteiger partial charge in [-0.1, -0.05) is 0 Å². The minimum Gasteiger partial charge on any atom is -0.465 e. The number of carbonyl (C=O) groups excluding carboxylic acids is 2. The van der Waals surface area contributed by atoms with Gasteiger partial charge in [0.2, 0.25) is 0 Å². The van der Waals surface area contributed by atoms with Gasteiger partial charge in [0.25, 0.3) is 0 Å². The highest BCUT2D eigenvalue weighted by Gasteiger charge is 2.43. The van der Waals surface area contributed by atoms with Gasteiger partial charge in [-0.15, -0.1) is 0 Å². The maximum Gasteiger partial charge on any atom is 0.393 e. The number of likely N-dealkylation sites (tertiary alicyclic amines) is 1. The Morgan fingerprint density at radius 1 is 1.32 bits per heavy atom. The van der Waals surface area contributed by atoms with Gasteiger partial charge in [-0.05, 0) is 45.7 Å². The number of carbonyl (C=O) groups is 2. The van der Waals surface area contributed by atoms with E-state index in [9.17, 15) is 22.8 Å². The summed E-state index contributed by atoms with van der Waals surface area (Å²) in [6.07, 6.45) is -3.76. The second-order valence-electron chi connectivity index (χ2n) is 6.53. The van der Waals surface area contributed by atoms with Crippen LogP contribution in [0.5, 0.6) is 0 Å². The fourth-order valence-corrected chi connectivity index (χ4v) is 3.40. The van der Waals surface area contributed by atoms with Gasteiger partial charge in [0, 0.05) is 12.2 Å². The highest BCUT2D eigenvalue weighted by molar-refractivity contribution is 6.03. The predicted molar refractivity (Wildman–Crippen MR) is 85.8 cm³/mol. The van der Waals surface area contributed by atoms with Crippen molar-refractivity contribution in [2.45, 2.75) is 45.8 Å². The van der Waals surface area contributed by atoms with Crippen molar-refractivity contribution >= 4 is 11.8 Å². The van der Waals surface area contributed by atoms with Crippen LogP contribution in [0.4, 0.5) is 13.2 Å². The average Bonchev–Trinajstić information content (AvgIpc) is 2.86. The lowest BCUT2D eigenvalue weighted by Crippen LogP contribution is -2.48. The van der Waals surface area contributed by atoms with Crippen LogP contribution in [0.25, 0.3) is 0 Å². The second kappa shape index (κ2) is 7.19. The highest BCUT2D eigenvalue weighted by Crippen LogP contribution is 2.34. The van der Waals surface area contributed by atoms with Crippen LogP contribution in [0.1, 0.15) is 51.9 Å². The minimum absolute atomic E-state index is 0.0913. The molecule has 0 amide bonds. The lowest BCUT2D eigenvalue weighted by molar-refractivity contribution is -0.187. The Labute approximate surface area is 144 Å². The number of H-pyrrole nitrogens is 1. The molecule has 0 spiro atoms. The quantitative estimate of drug-likeness (QED) is 0.661. The van der Waals surface area contributed by atoms with Crippen LogP contribution in [-0.4, -0.2) is 54.1 Å². The van der Waals surface area contributed by atoms with E-state index < -0.39 is 24.1 Å². The Balaban J connectivity index is 2.22. The molecule has 2 atom stereocenters. The van der Waals surface area contributed by atoms with Crippen molar-refractivity contribution in [2.24, 2.45) is 5.92 Å². The van der Waals surface area contributed by atoms with Gasteiger partial charge in [0.1, 0.15) is 0 Å². The normalized spacial score (nSPS) is 20.4. The number of esters is 1. The fraction of sp³-hybridized carbons (Fsp3) is 0.647. The first-order valence-corrected chi connectivity index (χ1v) is 8.20. The van der Waals surface area contributed by atoms with Crippen molar-refractivity contribution in [1.29, 1.82) is 0 Å². The average molecular weight is 360 g/mol. The van der Waals surface area contributed by atoms with Crippen molar-refractivity contribution in [3.63, 3.8) is 0 Å². The number of ketones is 1. The fourth-order valence-electron chi connectivity index (χ4n) is 3.40. The summed E-state index contributed by atoms with van der Waals surface area (Å²) >= 11 is 0. The van der Waals surface area contributed by atoms with Gasteiger partial charge in [-0.2, -0.15) is 13.2 Å². The molecule has 1 aliphatic rings. The van der Waals surface area contributed by atoms with E-state index in [-0.39, 0.29) is 24.4 Å². The number of piperidine rings is 1. The molecule has 8 heteroatoms.